The van der Waals surface area contributed by atoms with Crippen LogP contribution in [0.15, 0.2) is 6.20 Å². The smallest absolute Gasteiger partial charge is 0.408 e. The molecule has 0 atom stereocenters. The topological polar surface area (TPSA) is 91.1 Å². The lowest BCUT2D eigenvalue weighted by atomic mass is 9.93. The Morgan fingerprint density at radius 2 is 2.04 bits per heavy atom. The van der Waals surface area contributed by atoms with E-state index in [9.17, 15) is 10.1 Å². The molecule has 0 radical (unpaired) electrons. The standard InChI is InChI=1S/C17H25N5O2/c1-12-11-19-14(13(10-18)20-12)22-8-6-17(5,7-9-22)24-15(23)21-16(2,3)4/h11H,6-9H2,1-5H3,(H,21,23). The van der Waals surface area contributed by atoms with E-state index in [1.807, 2.05) is 39.5 Å². The monoisotopic (exact) mass is 331 g/mol. The fraction of sp³-hybridized carbons (Fsp3) is 0.647. The van der Waals surface area contributed by atoms with Gasteiger partial charge in [0, 0.05) is 31.5 Å². The quantitative estimate of drug-likeness (QED) is 0.895. The van der Waals surface area contributed by atoms with Gasteiger partial charge in [-0.15, -0.1) is 0 Å². The maximum Gasteiger partial charge on any atom is 0.408 e. The number of carbonyl (C=O) groups excluding carboxylic acids is 1. The zero-order valence-corrected chi connectivity index (χ0v) is 15.0. The average molecular weight is 331 g/mol. The van der Waals surface area contributed by atoms with Crippen molar-refractivity contribution in [1.29, 1.82) is 5.26 Å². The highest BCUT2D eigenvalue weighted by molar-refractivity contribution is 5.68. The van der Waals surface area contributed by atoms with E-state index in [-0.39, 0.29) is 5.54 Å². The van der Waals surface area contributed by atoms with Gasteiger partial charge in [-0.1, -0.05) is 0 Å². The fourth-order valence-corrected chi connectivity index (χ4v) is 2.63. The van der Waals surface area contributed by atoms with Gasteiger partial charge in [0.15, 0.2) is 11.5 Å². The van der Waals surface area contributed by atoms with Crippen molar-refractivity contribution in [3.63, 3.8) is 0 Å². The molecule has 2 rings (SSSR count). The third-order valence-electron chi connectivity index (χ3n) is 3.92. The summed E-state index contributed by atoms with van der Waals surface area (Å²) in [5.41, 5.74) is 0.216. The largest absolute Gasteiger partial charge is 0.443 e. The maximum absolute atomic E-state index is 12.0. The Morgan fingerprint density at radius 1 is 1.42 bits per heavy atom. The summed E-state index contributed by atoms with van der Waals surface area (Å²) in [5.74, 6) is 0.601. The third-order valence-corrected chi connectivity index (χ3v) is 3.92. The molecule has 0 aromatic carbocycles. The number of nitriles is 1. The summed E-state index contributed by atoms with van der Waals surface area (Å²) >= 11 is 0. The third kappa shape index (κ3) is 4.57. The van der Waals surface area contributed by atoms with Gasteiger partial charge in [0.1, 0.15) is 11.7 Å². The molecule has 1 aromatic rings. The Kier molecular flexibility index (Phi) is 4.97. The number of amides is 1. The van der Waals surface area contributed by atoms with Crippen LogP contribution in [0.2, 0.25) is 0 Å². The highest BCUT2D eigenvalue weighted by atomic mass is 16.6. The number of carbonyl (C=O) groups is 1. The Labute approximate surface area is 143 Å². The van der Waals surface area contributed by atoms with E-state index in [4.69, 9.17) is 4.74 Å². The Bertz CT molecular complexity index is 652. The highest BCUT2D eigenvalue weighted by Crippen LogP contribution is 2.29. The molecule has 1 aromatic heterocycles. The van der Waals surface area contributed by atoms with Crippen LogP contribution in [0.4, 0.5) is 10.6 Å². The maximum atomic E-state index is 12.0. The van der Waals surface area contributed by atoms with Gasteiger partial charge in [0.05, 0.1) is 11.9 Å². The lowest BCUT2D eigenvalue weighted by molar-refractivity contribution is 0.00404. The zero-order valence-electron chi connectivity index (χ0n) is 15.0. The molecule has 7 nitrogen and oxygen atoms in total. The Morgan fingerprint density at radius 3 is 2.58 bits per heavy atom. The molecule has 0 bridgehead atoms. The fourth-order valence-electron chi connectivity index (χ4n) is 2.63. The van der Waals surface area contributed by atoms with Crippen LogP contribution < -0.4 is 10.2 Å². The first-order valence-electron chi connectivity index (χ1n) is 8.12. The summed E-state index contributed by atoms with van der Waals surface area (Å²) < 4.78 is 5.64. The number of anilines is 1. The van der Waals surface area contributed by atoms with Gasteiger partial charge in [-0.3, -0.25) is 0 Å². The first kappa shape index (κ1) is 18.0. The van der Waals surface area contributed by atoms with E-state index in [0.717, 1.165) is 5.69 Å². The van der Waals surface area contributed by atoms with Crippen molar-refractivity contribution < 1.29 is 9.53 Å². The molecule has 1 amide bonds. The Balaban J connectivity index is 2.00. The first-order valence-corrected chi connectivity index (χ1v) is 8.12. The summed E-state index contributed by atoms with van der Waals surface area (Å²) in [6.45, 7) is 10.8. The molecule has 2 heterocycles. The van der Waals surface area contributed by atoms with Crippen LogP contribution in [-0.4, -0.2) is 40.3 Å². The van der Waals surface area contributed by atoms with E-state index in [0.29, 0.717) is 37.4 Å². The van der Waals surface area contributed by atoms with Gasteiger partial charge in [0.25, 0.3) is 0 Å². The van der Waals surface area contributed by atoms with E-state index in [1.54, 1.807) is 6.20 Å². The van der Waals surface area contributed by atoms with Crippen LogP contribution in [0.1, 0.15) is 51.9 Å². The van der Waals surface area contributed by atoms with E-state index in [1.165, 1.54) is 0 Å². The molecule has 0 spiro atoms. The minimum absolute atomic E-state index is 0.326. The number of rotatable bonds is 2. The Hall–Kier alpha value is -2.36. The lowest BCUT2D eigenvalue weighted by Crippen LogP contribution is -2.49. The molecular weight excluding hydrogens is 306 g/mol. The number of aryl methyl sites for hydroxylation is 1. The molecule has 1 aliphatic rings. The number of alkyl carbamates (subject to hydrolysis) is 1. The van der Waals surface area contributed by atoms with E-state index >= 15 is 0 Å². The van der Waals surface area contributed by atoms with Crippen molar-refractivity contribution in [2.45, 2.75) is 58.6 Å². The normalized spacial score (nSPS) is 17.1. The lowest BCUT2D eigenvalue weighted by Gasteiger charge is -2.39. The first-order chi connectivity index (χ1) is 11.1. The van der Waals surface area contributed by atoms with Crippen LogP contribution in [0.25, 0.3) is 0 Å². The molecule has 1 aliphatic heterocycles. The molecule has 0 aliphatic carbocycles. The minimum atomic E-state index is -0.517. The van der Waals surface area contributed by atoms with Crippen molar-refractivity contribution >= 4 is 11.9 Å². The van der Waals surface area contributed by atoms with E-state index in [2.05, 4.69) is 21.4 Å². The minimum Gasteiger partial charge on any atom is -0.443 e. The predicted molar refractivity (Wildman–Crippen MR) is 90.7 cm³/mol. The number of piperidine rings is 1. The highest BCUT2D eigenvalue weighted by Gasteiger charge is 2.35. The van der Waals surface area contributed by atoms with Crippen LogP contribution in [0.5, 0.6) is 0 Å². The van der Waals surface area contributed by atoms with Gasteiger partial charge < -0.3 is 15.0 Å². The second-order valence-electron chi connectivity index (χ2n) is 7.50. The van der Waals surface area contributed by atoms with E-state index < -0.39 is 11.7 Å². The molecule has 24 heavy (non-hydrogen) atoms. The second-order valence-corrected chi connectivity index (χ2v) is 7.50. The summed E-state index contributed by atoms with van der Waals surface area (Å²) in [4.78, 5) is 22.6. The van der Waals surface area contributed by atoms with Crippen molar-refractivity contribution in [3.8, 4) is 6.07 Å². The van der Waals surface area contributed by atoms with Gasteiger partial charge >= 0.3 is 6.09 Å². The van der Waals surface area contributed by atoms with Crippen molar-refractivity contribution in [1.82, 2.24) is 15.3 Å². The molecule has 1 N–H and O–H groups in total. The van der Waals surface area contributed by atoms with Crippen LogP contribution >= 0.6 is 0 Å². The number of hydrogen-bond donors (Lipinski definition) is 1. The number of hydrogen-bond acceptors (Lipinski definition) is 6. The second kappa shape index (κ2) is 6.63. The zero-order chi connectivity index (χ0) is 18.0. The summed E-state index contributed by atoms with van der Waals surface area (Å²) in [6.07, 6.45) is 2.61. The molecular formula is C17H25N5O2. The van der Waals surface area contributed by atoms with Gasteiger partial charge in [-0.05, 0) is 34.6 Å². The van der Waals surface area contributed by atoms with Gasteiger partial charge in [0.2, 0.25) is 0 Å². The van der Waals surface area contributed by atoms with Crippen LogP contribution in [0.3, 0.4) is 0 Å². The van der Waals surface area contributed by atoms with Gasteiger partial charge in [-0.2, -0.15) is 5.26 Å². The van der Waals surface area contributed by atoms with Crippen molar-refractivity contribution in [2.75, 3.05) is 18.0 Å². The van der Waals surface area contributed by atoms with Crippen LogP contribution in [0, 0.1) is 18.3 Å². The molecule has 7 heteroatoms. The predicted octanol–water partition coefficient (Wildman–Crippen LogP) is 2.54. The number of ether oxygens (including phenoxy) is 1. The molecule has 1 fully saturated rings. The SMILES string of the molecule is Cc1cnc(N2CCC(C)(OC(=O)NC(C)(C)C)CC2)c(C#N)n1. The van der Waals surface area contributed by atoms with Crippen molar-refractivity contribution in [3.05, 3.63) is 17.6 Å². The summed E-state index contributed by atoms with van der Waals surface area (Å²) in [5, 5.41) is 12.1. The van der Waals surface area contributed by atoms with Gasteiger partial charge in [-0.25, -0.2) is 14.8 Å². The molecule has 0 saturated carbocycles. The number of nitrogens with one attached hydrogen (secondary N) is 1. The summed E-state index contributed by atoms with van der Waals surface area (Å²) in [7, 11) is 0. The summed E-state index contributed by atoms with van der Waals surface area (Å²) in [6, 6.07) is 2.10. The number of nitrogens with zero attached hydrogens (tertiary/aromatic N) is 4. The number of aromatic nitrogens is 2. The van der Waals surface area contributed by atoms with Crippen LogP contribution in [-0.2, 0) is 4.74 Å². The molecule has 1 saturated heterocycles. The average Bonchev–Trinajstić information content (AvgIpc) is 2.45. The molecule has 0 unspecified atom stereocenters. The van der Waals surface area contributed by atoms with Crippen molar-refractivity contribution in [2.24, 2.45) is 0 Å². The molecule has 130 valence electrons.